The van der Waals surface area contributed by atoms with Crippen molar-refractivity contribution in [2.24, 2.45) is 29.6 Å². The number of esters is 1. The highest BCUT2D eigenvalue weighted by molar-refractivity contribution is 5.87. The molecule has 6 N–H and O–H groups in total. The molecule has 0 radical (unpaired) electrons. The fraction of sp³-hybridized carbons (Fsp3) is 0.708. The molecule has 13 atom stereocenters. The molecule has 0 aromatic carbocycles. The van der Waals surface area contributed by atoms with Crippen LogP contribution in [-0.4, -0.2) is 90.9 Å². The number of aliphatic hydroxyl groups excluding tert-OH is 5. The molecule has 0 aromatic rings. The second-order valence-electron chi connectivity index (χ2n) is 17.7. The Kier molecular flexibility index (Phi) is 22.3. The lowest BCUT2D eigenvalue weighted by atomic mass is 9.85. The number of ether oxygens (including phenoxy) is 2. The Morgan fingerprint density at radius 1 is 0.983 bits per heavy atom. The summed E-state index contributed by atoms with van der Waals surface area (Å²) in [6.45, 7) is 18.6. The maximum absolute atomic E-state index is 13.5. The minimum atomic E-state index is -1.40. The van der Waals surface area contributed by atoms with Crippen LogP contribution in [-0.2, 0) is 19.1 Å². The van der Waals surface area contributed by atoms with E-state index < -0.39 is 48.4 Å². The number of carbonyl (C=O) groups excluding carboxylic acids is 2. The molecule has 2 heterocycles. The molecule has 2 aliphatic heterocycles. The van der Waals surface area contributed by atoms with E-state index in [4.69, 9.17) is 9.47 Å². The van der Waals surface area contributed by atoms with Gasteiger partial charge in [-0.05, 0) is 90.6 Å². The first kappa shape index (κ1) is 51.4. The van der Waals surface area contributed by atoms with Gasteiger partial charge in [-0.25, -0.2) is 4.79 Å². The van der Waals surface area contributed by atoms with Crippen LogP contribution in [0.1, 0.15) is 140 Å². The van der Waals surface area contributed by atoms with E-state index in [-0.39, 0.29) is 73.6 Å². The Balaban J connectivity index is 2.32. The van der Waals surface area contributed by atoms with E-state index in [2.05, 4.69) is 0 Å². The first-order chi connectivity index (χ1) is 27.2. The first-order valence-electron chi connectivity index (χ1n) is 21.7. The van der Waals surface area contributed by atoms with Gasteiger partial charge in [0.05, 0.1) is 36.6 Å². The van der Waals surface area contributed by atoms with E-state index in [0.717, 1.165) is 17.6 Å². The summed E-state index contributed by atoms with van der Waals surface area (Å²) in [6.07, 6.45) is 14.3. The van der Waals surface area contributed by atoms with E-state index in [9.17, 15) is 40.2 Å². The maximum atomic E-state index is 13.5. The Labute approximate surface area is 349 Å². The van der Waals surface area contributed by atoms with E-state index in [1.54, 1.807) is 19.9 Å². The van der Waals surface area contributed by atoms with Gasteiger partial charge >= 0.3 is 5.97 Å². The predicted molar refractivity (Wildman–Crippen MR) is 230 cm³/mol. The third-order valence-corrected chi connectivity index (χ3v) is 12.4. The number of cyclic esters (lactones) is 1. The molecular formula is C48H78O10. The summed E-state index contributed by atoms with van der Waals surface area (Å²) in [4.78, 5) is 26.7. The third-order valence-electron chi connectivity index (χ3n) is 12.4. The molecule has 0 aliphatic carbocycles. The van der Waals surface area contributed by atoms with Gasteiger partial charge in [-0.2, -0.15) is 0 Å². The van der Waals surface area contributed by atoms with Crippen LogP contribution in [0, 0.1) is 29.6 Å². The Morgan fingerprint density at radius 3 is 2.34 bits per heavy atom. The van der Waals surface area contributed by atoms with Crippen LogP contribution in [0.15, 0.2) is 70.9 Å². The molecule has 13 unspecified atom stereocenters. The summed E-state index contributed by atoms with van der Waals surface area (Å²) in [5.41, 5.74) is 2.85. The number of Topliss-reactive ketones (excluding diaryl/α,β-unsaturated/α-hetero) is 1. The summed E-state index contributed by atoms with van der Waals surface area (Å²) < 4.78 is 12.3. The van der Waals surface area contributed by atoms with Crippen LogP contribution >= 0.6 is 0 Å². The SMILES string of the molecule is CCC(O)C(C)C(O)CC(O)CC=C(C)CC(C)C1CC(O)C(C)C=CC=CCC(C)C(=O)CC2CCC(C)C(O)(CC=C(C)C=C(C)C(O)CC=C(C)C(=O)O1)O2. The molecule has 0 amide bonds. The van der Waals surface area contributed by atoms with Crippen LogP contribution < -0.4 is 0 Å². The van der Waals surface area contributed by atoms with Crippen molar-refractivity contribution in [3.05, 3.63) is 70.9 Å². The summed E-state index contributed by atoms with van der Waals surface area (Å²) >= 11 is 0. The molecule has 58 heavy (non-hydrogen) atoms. The minimum Gasteiger partial charge on any atom is -0.459 e. The number of aliphatic hydroxyl groups is 6. The van der Waals surface area contributed by atoms with Gasteiger partial charge in [0.1, 0.15) is 11.9 Å². The second kappa shape index (κ2) is 25.2. The molecule has 10 nitrogen and oxygen atoms in total. The van der Waals surface area contributed by atoms with E-state index in [1.807, 2.05) is 97.9 Å². The summed E-state index contributed by atoms with van der Waals surface area (Å²) in [6, 6.07) is 0. The van der Waals surface area contributed by atoms with Crippen molar-refractivity contribution < 1.29 is 49.7 Å². The van der Waals surface area contributed by atoms with Crippen LogP contribution in [0.25, 0.3) is 0 Å². The van der Waals surface area contributed by atoms with Crippen molar-refractivity contribution in [1.82, 2.24) is 0 Å². The topological polar surface area (TPSA) is 174 Å². The van der Waals surface area contributed by atoms with Crippen molar-refractivity contribution in [3.8, 4) is 0 Å². The second-order valence-corrected chi connectivity index (χ2v) is 17.7. The van der Waals surface area contributed by atoms with Crippen molar-refractivity contribution in [1.29, 1.82) is 0 Å². The number of hydrogen-bond acceptors (Lipinski definition) is 10. The normalized spacial score (nSPS) is 32.2. The van der Waals surface area contributed by atoms with Crippen LogP contribution in [0.2, 0.25) is 0 Å². The lowest BCUT2D eigenvalue weighted by molar-refractivity contribution is -0.277. The molecule has 2 aliphatic rings. The van der Waals surface area contributed by atoms with E-state index in [1.165, 1.54) is 0 Å². The molecule has 0 saturated carbocycles. The number of ketones is 1. The van der Waals surface area contributed by atoms with Crippen molar-refractivity contribution in [2.75, 3.05) is 0 Å². The molecule has 10 heteroatoms. The number of carbonyl (C=O) groups is 2. The van der Waals surface area contributed by atoms with Crippen LogP contribution in [0.5, 0.6) is 0 Å². The predicted octanol–water partition coefficient (Wildman–Crippen LogP) is 7.76. The van der Waals surface area contributed by atoms with Crippen molar-refractivity contribution >= 4 is 11.8 Å². The summed E-state index contributed by atoms with van der Waals surface area (Å²) in [5, 5.41) is 65.1. The minimum absolute atomic E-state index is 0.0804. The molecule has 0 spiro atoms. The zero-order valence-electron chi connectivity index (χ0n) is 37.1. The highest BCUT2D eigenvalue weighted by Crippen LogP contribution is 2.37. The molecule has 2 bridgehead atoms. The molecule has 1 saturated heterocycles. The van der Waals surface area contributed by atoms with Gasteiger partial charge in [-0.3, -0.25) is 4.79 Å². The average molecular weight is 815 g/mol. The highest BCUT2D eigenvalue weighted by atomic mass is 16.6. The summed E-state index contributed by atoms with van der Waals surface area (Å²) in [7, 11) is 0. The van der Waals surface area contributed by atoms with Gasteiger partial charge in [-0.15, -0.1) is 0 Å². The number of fused-ring (bicyclic) bond motifs is 2. The fourth-order valence-corrected chi connectivity index (χ4v) is 7.54. The monoisotopic (exact) mass is 815 g/mol. The van der Waals surface area contributed by atoms with Gasteiger partial charge in [0.25, 0.3) is 0 Å². The number of hydrogen-bond donors (Lipinski definition) is 6. The highest BCUT2D eigenvalue weighted by Gasteiger charge is 2.41. The summed E-state index contributed by atoms with van der Waals surface area (Å²) in [5.74, 6) is -3.01. The van der Waals surface area contributed by atoms with Crippen LogP contribution in [0.3, 0.4) is 0 Å². The fourth-order valence-electron chi connectivity index (χ4n) is 7.54. The smallest absolute Gasteiger partial charge is 0.333 e. The third kappa shape index (κ3) is 17.5. The van der Waals surface area contributed by atoms with E-state index in [0.29, 0.717) is 43.3 Å². The number of allylic oxidation sites excluding steroid dienone is 6. The Morgan fingerprint density at radius 2 is 1.67 bits per heavy atom. The molecular weight excluding hydrogens is 737 g/mol. The number of rotatable bonds is 10. The zero-order chi connectivity index (χ0) is 43.7. The van der Waals surface area contributed by atoms with Gasteiger partial charge < -0.3 is 40.1 Å². The van der Waals surface area contributed by atoms with Crippen LogP contribution in [0.4, 0.5) is 0 Å². The van der Waals surface area contributed by atoms with Gasteiger partial charge in [-0.1, -0.05) is 101 Å². The lowest BCUT2D eigenvalue weighted by Gasteiger charge is -2.41. The zero-order valence-corrected chi connectivity index (χ0v) is 37.1. The molecule has 1 fully saturated rings. The maximum Gasteiger partial charge on any atom is 0.333 e. The lowest BCUT2D eigenvalue weighted by Crippen LogP contribution is -2.47. The average Bonchev–Trinajstić information content (AvgIpc) is 3.17. The standard InChI is InChI=1S/C48H78O10/c1-11-41(50)38(10)45(54)27-39(49)20-17-30(2)26-36(8)46-29-44(53)33(5)16-14-12-13-15-32(4)43(52)28-40-21-19-37(9)48(56,58-40)24-23-31(3)25-35(7)42(51)22-18-34(6)47(55)57-46/h12-14,16-18,23,25,32-33,36-42,44-46,49-51,53-54,56H,11,15,19-22,24,26-29H2,1-10H3. The van der Waals surface area contributed by atoms with Crippen molar-refractivity contribution in [3.63, 3.8) is 0 Å². The van der Waals surface area contributed by atoms with E-state index >= 15 is 0 Å². The first-order valence-corrected chi connectivity index (χ1v) is 21.7. The van der Waals surface area contributed by atoms with Gasteiger partial charge in [0, 0.05) is 48.5 Å². The molecule has 0 aromatic heterocycles. The van der Waals surface area contributed by atoms with Gasteiger partial charge in [0.15, 0.2) is 5.79 Å². The molecule has 330 valence electrons. The van der Waals surface area contributed by atoms with Crippen molar-refractivity contribution in [2.45, 2.75) is 188 Å². The Hall–Kier alpha value is -2.70. The largest absolute Gasteiger partial charge is 0.459 e. The quantitative estimate of drug-likeness (QED) is 0.0945. The molecule has 2 rings (SSSR count). The Bertz CT molecular complexity index is 1470. The van der Waals surface area contributed by atoms with Gasteiger partial charge in [0.2, 0.25) is 0 Å².